The van der Waals surface area contributed by atoms with Gasteiger partial charge in [0.2, 0.25) is 5.91 Å². The Morgan fingerprint density at radius 2 is 1.94 bits per heavy atom. The van der Waals surface area contributed by atoms with Crippen LogP contribution in [0.15, 0.2) is 24.3 Å². The molecule has 0 aliphatic heterocycles. The van der Waals surface area contributed by atoms with E-state index in [-0.39, 0.29) is 11.8 Å². The average Bonchev–Trinajstić information content (AvgIpc) is 2.38. The Balaban J connectivity index is 1.83. The summed E-state index contributed by atoms with van der Waals surface area (Å²) in [6.45, 7) is 2.70. The van der Waals surface area contributed by atoms with E-state index in [9.17, 15) is 4.79 Å². The van der Waals surface area contributed by atoms with Crippen molar-refractivity contribution in [1.82, 2.24) is 5.32 Å². The highest BCUT2D eigenvalue weighted by Gasteiger charge is 2.24. The predicted octanol–water partition coefficient (Wildman–Crippen LogP) is 2.13. The first-order valence-electron chi connectivity index (χ1n) is 6.74. The summed E-state index contributed by atoms with van der Waals surface area (Å²) >= 11 is 0. The number of amides is 1. The third-order valence-corrected chi connectivity index (χ3v) is 3.86. The molecule has 1 fully saturated rings. The average molecular weight is 246 g/mol. The van der Waals surface area contributed by atoms with Gasteiger partial charge in [0.1, 0.15) is 0 Å². The lowest BCUT2D eigenvalue weighted by Crippen LogP contribution is -2.36. The van der Waals surface area contributed by atoms with Gasteiger partial charge in [0.15, 0.2) is 0 Å². The number of nitrogens with one attached hydrogen (secondary N) is 1. The van der Waals surface area contributed by atoms with Crippen molar-refractivity contribution in [1.29, 1.82) is 0 Å². The lowest BCUT2D eigenvalue weighted by molar-refractivity contribution is -0.126. The van der Waals surface area contributed by atoms with Gasteiger partial charge in [0, 0.05) is 18.5 Å². The van der Waals surface area contributed by atoms with Crippen LogP contribution in [0, 0.1) is 12.8 Å². The molecule has 1 amide bonds. The molecule has 1 aromatic carbocycles. The van der Waals surface area contributed by atoms with Gasteiger partial charge in [0.05, 0.1) is 0 Å². The first-order valence-corrected chi connectivity index (χ1v) is 6.74. The quantitative estimate of drug-likeness (QED) is 0.858. The molecule has 18 heavy (non-hydrogen) atoms. The molecule has 1 aromatic rings. The molecule has 1 saturated carbocycles. The maximum absolute atomic E-state index is 12.0. The standard InChI is InChI=1S/C15H22N2O/c1-11-4-2-3-5-13(11)10-17-15(18)12-6-8-14(16)9-7-12/h2-5,12,14H,6-10,16H2,1H3,(H,17,18). The zero-order valence-corrected chi connectivity index (χ0v) is 11.0. The van der Waals surface area contributed by atoms with Crippen LogP contribution in [0.4, 0.5) is 0 Å². The molecule has 0 aromatic heterocycles. The molecule has 1 aliphatic rings. The second-order valence-corrected chi connectivity index (χ2v) is 5.26. The van der Waals surface area contributed by atoms with Gasteiger partial charge in [-0.15, -0.1) is 0 Å². The highest BCUT2D eigenvalue weighted by Crippen LogP contribution is 2.23. The van der Waals surface area contributed by atoms with Gasteiger partial charge in [-0.2, -0.15) is 0 Å². The Morgan fingerprint density at radius 3 is 2.61 bits per heavy atom. The molecule has 1 aliphatic carbocycles. The topological polar surface area (TPSA) is 55.1 Å². The Labute approximate surface area is 109 Å². The molecule has 2 rings (SSSR count). The Kier molecular flexibility index (Phi) is 4.37. The minimum Gasteiger partial charge on any atom is -0.352 e. The molecule has 3 heteroatoms. The third-order valence-electron chi connectivity index (χ3n) is 3.86. The van der Waals surface area contributed by atoms with Crippen molar-refractivity contribution in [3.8, 4) is 0 Å². The monoisotopic (exact) mass is 246 g/mol. The summed E-state index contributed by atoms with van der Waals surface area (Å²) in [5.74, 6) is 0.346. The number of rotatable bonds is 3. The molecule has 0 atom stereocenters. The van der Waals surface area contributed by atoms with Crippen molar-refractivity contribution >= 4 is 5.91 Å². The van der Waals surface area contributed by atoms with Gasteiger partial charge < -0.3 is 11.1 Å². The van der Waals surface area contributed by atoms with Gasteiger partial charge in [-0.05, 0) is 43.7 Å². The molecule has 0 spiro atoms. The van der Waals surface area contributed by atoms with E-state index < -0.39 is 0 Å². The Morgan fingerprint density at radius 1 is 1.28 bits per heavy atom. The number of hydrogen-bond acceptors (Lipinski definition) is 2. The first kappa shape index (κ1) is 13.1. The maximum atomic E-state index is 12.0. The van der Waals surface area contributed by atoms with E-state index in [2.05, 4.69) is 24.4 Å². The number of carbonyl (C=O) groups excluding carboxylic acids is 1. The lowest BCUT2D eigenvalue weighted by atomic mass is 9.86. The summed E-state index contributed by atoms with van der Waals surface area (Å²) in [5, 5.41) is 3.04. The van der Waals surface area contributed by atoms with E-state index in [1.54, 1.807) is 0 Å². The highest BCUT2D eigenvalue weighted by atomic mass is 16.1. The zero-order chi connectivity index (χ0) is 13.0. The molecule has 3 N–H and O–H groups in total. The molecular weight excluding hydrogens is 224 g/mol. The van der Waals surface area contributed by atoms with E-state index in [4.69, 9.17) is 5.73 Å². The van der Waals surface area contributed by atoms with Crippen LogP contribution in [0.5, 0.6) is 0 Å². The minimum absolute atomic E-state index is 0.161. The van der Waals surface area contributed by atoms with E-state index in [1.165, 1.54) is 11.1 Å². The molecule has 0 saturated heterocycles. The second-order valence-electron chi connectivity index (χ2n) is 5.26. The van der Waals surface area contributed by atoms with Crippen LogP contribution >= 0.6 is 0 Å². The van der Waals surface area contributed by atoms with Crippen LogP contribution < -0.4 is 11.1 Å². The summed E-state index contributed by atoms with van der Waals surface area (Å²) in [5.41, 5.74) is 8.27. The summed E-state index contributed by atoms with van der Waals surface area (Å²) in [6.07, 6.45) is 3.81. The fourth-order valence-corrected chi connectivity index (χ4v) is 2.52. The van der Waals surface area contributed by atoms with E-state index in [1.807, 2.05) is 12.1 Å². The van der Waals surface area contributed by atoms with Crippen LogP contribution in [-0.4, -0.2) is 11.9 Å². The zero-order valence-electron chi connectivity index (χ0n) is 11.0. The number of benzene rings is 1. The van der Waals surface area contributed by atoms with Crippen molar-refractivity contribution in [3.63, 3.8) is 0 Å². The van der Waals surface area contributed by atoms with E-state index in [0.29, 0.717) is 12.6 Å². The molecule has 0 heterocycles. The van der Waals surface area contributed by atoms with Crippen LogP contribution in [0.2, 0.25) is 0 Å². The van der Waals surface area contributed by atoms with Crippen molar-refractivity contribution in [2.45, 2.75) is 45.2 Å². The highest BCUT2D eigenvalue weighted by molar-refractivity contribution is 5.78. The molecular formula is C15H22N2O. The lowest BCUT2D eigenvalue weighted by Gasteiger charge is -2.25. The Hall–Kier alpha value is -1.35. The molecule has 0 bridgehead atoms. The fourth-order valence-electron chi connectivity index (χ4n) is 2.52. The maximum Gasteiger partial charge on any atom is 0.223 e. The van der Waals surface area contributed by atoms with Crippen LogP contribution in [0.1, 0.15) is 36.8 Å². The third kappa shape index (κ3) is 3.33. The molecule has 3 nitrogen and oxygen atoms in total. The summed E-state index contributed by atoms with van der Waals surface area (Å²) in [6, 6.07) is 8.45. The van der Waals surface area contributed by atoms with Crippen LogP contribution in [-0.2, 0) is 11.3 Å². The minimum atomic E-state index is 0.161. The molecule has 98 valence electrons. The summed E-state index contributed by atoms with van der Waals surface area (Å²) < 4.78 is 0. The largest absolute Gasteiger partial charge is 0.352 e. The van der Waals surface area contributed by atoms with E-state index in [0.717, 1.165) is 25.7 Å². The van der Waals surface area contributed by atoms with Crippen LogP contribution in [0.25, 0.3) is 0 Å². The van der Waals surface area contributed by atoms with Gasteiger partial charge >= 0.3 is 0 Å². The van der Waals surface area contributed by atoms with Crippen molar-refractivity contribution in [3.05, 3.63) is 35.4 Å². The number of hydrogen-bond donors (Lipinski definition) is 2. The number of nitrogens with two attached hydrogens (primary N) is 1. The van der Waals surface area contributed by atoms with Crippen molar-refractivity contribution in [2.75, 3.05) is 0 Å². The molecule has 0 radical (unpaired) electrons. The van der Waals surface area contributed by atoms with Crippen molar-refractivity contribution in [2.24, 2.45) is 11.7 Å². The fraction of sp³-hybridized carbons (Fsp3) is 0.533. The number of carbonyl (C=O) groups is 1. The van der Waals surface area contributed by atoms with E-state index >= 15 is 0 Å². The molecule has 0 unspecified atom stereocenters. The van der Waals surface area contributed by atoms with Gasteiger partial charge in [-0.25, -0.2) is 0 Å². The van der Waals surface area contributed by atoms with Crippen LogP contribution in [0.3, 0.4) is 0 Å². The number of aryl methyl sites for hydroxylation is 1. The normalized spacial score (nSPS) is 23.7. The first-order chi connectivity index (χ1) is 8.66. The van der Waals surface area contributed by atoms with Gasteiger partial charge in [-0.3, -0.25) is 4.79 Å². The SMILES string of the molecule is Cc1ccccc1CNC(=O)C1CCC(N)CC1. The summed E-state index contributed by atoms with van der Waals surface area (Å²) in [4.78, 5) is 12.0. The van der Waals surface area contributed by atoms with Crippen molar-refractivity contribution < 1.29 is 4.79 Å². The van der Waals surface area contributed by atoms with Gasteiger partial charge in [-0.1, -0.05) is 24.3 Å². The van der Waals surface area contributed by atoms with Gasteiger partial charge in [0.25, 0.3) is 0 Å². The smallest absolute Gasteiger partial charge is 0.223 e. The second kappa shape index (κ2) is 6.01. The predicted molar refractivity (Wildman–Crippen MR) is 73.0 cm³/mol. The summed E-state index contributed by atoms with van der Waals surface area (Å²) in [7, 11) is 0. The Bertz CT molecular complexity index is 409.